The number of rotatable bonds is 4. The molecule has 1 aromatic heterocycles. The number of nitrogens with zero attached hydrogens (tertiary/aromatic N) is 2. The second-order valence-electron chi connectivity index (χ2n) is 4.38. The van der Waals surface area contributed by atoms with Gasteiger partial charge in [0.2, 0.25) is 5.91 Å². The van der Waals surface area contributed by atoms with Crippen molar-refractivity contribution in [1.82, 2.24) is 20.4 Å². The standard InChI is InChI=1S/C11H19N5O2/c1-6(2)14-8(17)5-13-11(18)10-9(12)7(3)15-16(10)4/h6H,5,12H2,1-4H3,(H,13,18)(H,14,17). The first-order chi connectivity index (χ1) is 8.32. The molecule has 0 aliphatic heterocycles. The number of carbonyl (C=O) groups excluding carboxylic acids is 2. The van der Waals surface area contributed by atoms with Crippen LogP contribution in [0.4, 0.5) is 5.69 Å². The number of hydrogen-bond acceptors (Lipinski definition) is 4. The van der Waals surface area contributed by atoms with Crippen molar-refractivity contribution in [2.24, 2.45) is 7.05 Å². The fourth-order valence-corrected chi connectivity index (χ4v) is 1.56. The molecule has 0 aromatic carbocycles. The van der Waals surface area contributed by atoms with Crippen molar-refractivity contribution in [2.45, 2.75) is 26.8 Å². The van der Waals surface area contributed by atoms with Crippen LogP contribution in [0.5, 0.6) is 0 Å². The molecule has 0 aliphatic rings. The Hall–Kier alpha value is -2.05. The predicted octanol–water partition coefficient (Wildman–Crippen LogP) is -0.435. The van der Waals surface area contributed by atoms with Crippen LogP contribution < -0.4 is 16.4 Å². The molecule has 4 N–H and O–H groups in total. The molecule has 0 atom stereocenters. The maximum atomic E-state index is 11.9. The van der Waals surface area contributed by atoms with Gasteiger partial charge in [0.1, 0.15) is 5.69 Å². The van der Waals surface area contributed by atoms with Gasteiger partial charge in [-0.25, -0.2) is 0 Å². The van der Waals surface area contributed by atoms with Gasteiger partial charge >= 0.3 is 0 Å². The minimum Gasteiger partial charge on any atom is -0.395 e. The SMILES string of the molecule is Cc1nn(C)c(C(=O)NCC(=O)NC(C)C)c1N. The van der Waals surface area contributed by atoms with Crippen LogP contribution >= 0.6 is 0 Å². The van der Waals surface area contributed by atoms with Gasteiger partial charge in [-0.05, 0) is 20.8 Å². The fraction of sp³-hybridized carbons (Fsp3) is 0.545. The summed E-state index contributed by atoms with van der Waals surface area (Å²) >= 11 is 0. The first-order valence-electron chi connectivity index (χ1n) is 5.69. The van der Waals surface area contributed by atoms with Crippen molar-refractivity contribution < 1.29 is 9.59 Å². The summed E-state index contributed by atoms with van der Waals surface area (Å²) in [5, 5.41) is 9.22. The molecule has 0 spiro atoms. The van der Waals surface area contributed by atoms with Crippen molar-refractivity contribution in [3.63, 3.8) is 0 Å². The van der Waals surface area contributed by atoms with Crippen molar-refractivity contribution >= 4 is 17.5 Å². The Kier molecular flexibility index (Phi) is 4.30. The third-order valence-electron chi connectivity index (χ3n) is 2.34. The van der Waals surface area contributed by atoms with Crippen LogP contribution in [-0.2, 0) is 11.8 Å². The first-order valence-corrected chi connectivity index (χ1v) is 5.69. The maximum absolute atomic E-state index is 11.9. The van der Waals surface area contributed by atoms with Gasteiger partial charge in [-0.15, -0.1) is 0 Å². The fourth-order valence-electron chi connectivity index (χ4n) is 1.56. The van der Waals surface area contributed by atoms with Crippen molar-refractivity contribution in [3.05, 3.63) is 11.4 Å². The average molecular weight is 253 g/mol. The molecule has 0 saturated carbocycles. The lowest BCUT2D eigenvalue weighted by Crippen LogP contribution is -2.40. The summed E-state index contributed by atoms with van der Waals surface area (Å²) in [5.41, 5.74) is 6.94. The zero-order chi connectivity index (χ0) is 13.9. The number of aromatic nitrogens is 2. The molecule has 1 heterocycles. The van der Waals surface area contributed by atoms with Gasteiger partial charge in [-0.1, -0.05) is 0 Å². The van der Waals surface area contributed by atoms with Gasteiger partial charge in [0.25, 0.3) is 5.91 Å². The van der Waals surface area contributed by atoms with Gasteiger partial charge < -0.3 is 16.4 Å². The molecule has 0 fully saturated rings. The van der Waals surface area contributed by atoms with Gasteiger partial charge in [0.05, 0.1) is 17.9 Å². The van der Waals surface area contributed by atoms with Crippen LogP contribution in [0.1, 0.15) is 30.0 Å². The van der Waals surface area contributed by atoms with Crippen LogP contribution in [0.2, 0.25) is 0 Å². The Morgan fingerprint density at radius 1 is 1.44 bits per heavy atom. The second-order valence-corrected chi connectivity index (χ2v) is 4.38. The van der Waals surface area contributed by atoms with E-state index in [1.807, 2.05) is 13.8 Å². The number of carbonyl (C=O) groups is 2. The zero-order valence-electron chi connectivity index (χ0n) is 11.1. The highest BCUT2D eigenvalue weighted by Gasteiger charge is 2.18. The number of aryl methyl sites for hydroxylation is 2. The van der Waals surface area contributed by atoms with E-state index in [9.17, 15) is 9.59 Å². The van der Waals surface area contributed by atoms with E-state index >= 15 is 0 Å². The van der Waals surface area contributed by atoms with E-state index in [0.717, 1.165) is 0 Å². The molecule has 100 valence electrons. The Balaban J connectivity index is 2.64. The molecule has 1 rings (SSSR count). The van der Waals surface area contributed by atoms with Crippen molar-refractivity contribution in [2.75, 3.05) is 12.3 Å². The normalized spacial score (nSPS) is 10.5. The molecule has 2 amide bonds. The molecular weight excluding hydrogens is 234 g/mol. The zero-order valence-corrected chi connectivity index (χ0v) is 11.1. The van der Waals surface area contributed by atoms with E-state index in [4.69, 9.17) is 5.73 Å². The van der Waals surface area contributed by atoms with Crippen LogP contribution in [0.25, 0.3) is 0 Å². The molecule has 7 heteroatoms. The number of anilines is 1. The third kappa shape index (κ3) is 3.22. The summed E-state index contributed by atoms with van der Waals surface area (Å²) in [7, 11) is 1.63. The van der Waals surface area contributed by atoms with Crippen molar-refractivity contribution in [3.8, 4) is 0 Å². The molecule has 1 aromatic rings. The highest BCUT2D eigenvalue weighted by atomic mass is 16.2. The van der Waals surface area contributed by atoms with Crippen LogP contribution in [0.3, 0.4) is 0 Å². The summed E-state index contributed by atoms with van der Waals surface area (Å²) in [5.74, 6) is -0.648. The summed E-state index contributed by atoms with van der Waals surface area (Å²) in [6.45, 7) is 5.34. The highest BCUT2D eigenvalue weighted by molar-refractivity contribution is 5.99. The number of nitrogen functional groups attached to an aromatic ring is 1. The van der Waals surface area contributed by atoms with Crippen LogP contribution in [-0.4, -0.2) is 34.2 Å². The van der Waals surface area contributed by atoms with E-state index in [0.29, 0.717) is 11.4 Å². The lowest BCUT2D eigenvalue weighted by atomic mass is 10.3. The summed E-state index contributed by atoms with van der Waals surface area (Å²) in [4.78, 5) is 23.2. The van der Waals surface area contributed by atoms with Gasteiger partial charge in [0, 0.05) is 13.1 Å². The Morgan fingerprint density at radius 3 is 2.50 bits per heavy atom. The Bertz CT molecular complexity index is 464. The lowest BCUT2D eigenvalue weighted by molar-refractivity contribution is -0.120. The average Bonchev–Trinajstić information content (AvgIpc) is 2.49. The van der Waals surface area contributed by atoms with Crippen LogP contribution in [0, 0.1) is 6.92 Å². The number of nitrogens with two attached hydrogens (primary N) is 1. The molecule has 0 radical (unpaired) electrons. The Morgan fingerprint density at radius 2 is 2.06 bits per heavy atom. The summed E-state index contributed by atoms with van der Waals surface area (Å²) < 4.78 is 1.40. The summed E-state index contributed by atoms with van der Waals surface area (Å²) in [6.07, 6.45) is 0. The van der Waals surface area contributed by atoms with E-state index in [1.54, 1.807) is 14.0 Å². The minimum atomic E-state index is -0.408. The van der Waals surface area contributed by atoms with Crippen LogP contribution in [0.15, 0.2) is 0 Å². The lowest BCUT2D eigenvalue weighted by Gasteiger charge is -2.09. The number of hydrogen-bond donors (Lipinski definition) is 3. The van der Waals surface area contributed by atoms with Gasteiger partial charge in [-0.3, -0.25) is 14.3 Å². The third-order valence-corrected chi connectivity index (χ3v) is 2.34. The van der Waals surface area contributed by atoms with Crippen molar-refractivity contribution in [1.29, 1.82) is 0 Å². The van der Waals surface area contributed by atoms with E-state index < -0.39 is 5.91 Å². The largest absolute Gasteiger partial charge is 0.395 e. The van der Waals surface area contributed by atoms with Gasteiger partial charge in [-0.2, -0.15) is 5.10 Å². The predicted molar refractivity (Wildman–Crippen MR) is 68.0 cm³/mol. The number of amides is 2. The quantitative estimate of drug-likeness (QED) is 0.677. The molecule has 7 nitrogen and oxygen atoms in total. The monoisotopic (exact) mass is 253 g/mol. The molecule has 0 saturated heterocycles. The maximum Gasteiger partial charge on any atom is 0.272 e. The molecule has 0 unspecified atom stereocenters. The molecule has 18 heavy (non-hydrogen) atoms. The van der Waals surface area contributed by atoms with Gasteiger partial charge in [0.15, 0.2) is 0 Å². The summed E-state index contributed by atoms with van der Waals surface area (Å²) in [6, 6.07) is 0.0402. The molecule has 0 aliphatic carbocycles. The minimum absolute atomic E-state index is 0.0402. The Labute approximate surface area is 106 Å². The second kappa shape index (κ2) is 5.52. The van der Waals surface area contributed by atoms with E-state index in [1.165, 1.54) is 4.68 Å². The van der Waals surface area contributed by atoms with E-state index in [-0.39, 0.29) is 24.2 Å². The molecular formula is C11H19N5O2. The topological polar surface area (TPSA) is 102 Å². The first kappa shape index (κ1) is 14.0. The highest BCUT2D eigenvalue weighted by Crippen LogP contribution is 2.14. The number of nitrogens with one attached hydrogen (secondary N) is 2. The molecule has 0 bridgehead atoms. The smallest absolute Gasteiger partial charge is 0.272 e. The van der Waals surface area contributed by atoms with E-state index in [2.05, 4.69) is 15.7 Å².